The number of ketones is 2. The van der Waals surface area contributed by atoms with E-state index in [-0.39, 0.29) is 16.0 Å². The van der Waals surface area contributed by atoms with Crippen molar-refractivity contribution < 1.29 is 27.9 Å². The van der Waals surface area contributed by atoms with Crippen LogP contribution in [0, 0.1) is 0 Å². The maximum atomic E-state index is 12.9. The van der Waals surface area contributed by atoms with Gasteiger partial charge in [0.2, 0.25) is 10.0 Å². The second-order valence-corrected chi connectivity index (χ2v) is 9.43. The highest BCUT2D eigenvalue weighted by Gasteiger charge is 2.44. The van der Waals surface area contributed by atoms with Crippen LogP contribution in [0.25, 0.3) is 17.0 Å². The van der Waals surface area contributed by atoms with Crippen LogP contribution in [0.5, 0.6) is 0 Å². The van der Waals surface area contributed by atoms with E-state index in [1.807, 2.05) is 0 Å². The standard InChI is InChI=1S/C23H18N2O7S/c1-24-21(22(29)16-7-3-5-9-19(16)33(24,31)32)18(26)11-10-15-12-14-6-2-4-8-17(14)25(23(15)30)13-20(27)28/h2-12,21H,13H2,1H3,(H,27,28)/b11-10+. The molecule has 1 N–H and O–H groups in total. The lowest BCUT2D eigenvalue weighted by Crippen LogP contribution is -2.50. The Morgan fingerprint density at radius 2 is 1.73 bits per heavy atom. The molecule has 1 atom stereocenters. The number of aromatic nitrogens is 1. The van der Waals surface area contributed by atoms with E-state index in [9.17, 15) is 32.7 Å². The number of carbonyl (C=O) groups excluding carboxylic acids is 2. The van der Waals surface area contributed by atoms with Crippen LogP contribution in [-0.4, -0.2) is 53.0 Å². The van der Waals surface area contributed by atoms with Gasteiger partial charge in [-0.25, -0.2) is 8.42 Å². The summed E-state index contributed by atoms with van der Waals surface area (Å²) in [5.74, 6) is -2.70. The second kappa shape index (κ2) is 8.23. The maximum absolute atomic E-state index is 12.9. The lowest BCUT2D eigenvalue weighted by molar-refractivity contribution is -0.137. The average Bonchev–Trinajstić information content (AvgIpc) is 2.78. The van der Waals surface area contributed by atoms with Gasteiger partial charge in [-0.1, -0.05) is 30.3 Å². The molecule has 0 saturated heterocycles. The van der Waals surface area contributed by atoms with Crippen molar-refractivity contribution in [3.05, 3.63) is 82.2 Å². The summed E-state index contributed by atoms with van der Waals surface area (Å²) in [7, 11) is -2.91. The molecule has 1 aromatic heterocycles. The van der Waals surface area contributed by atoms with Gasteiger partial charge in [0.05, 0.1) is 10.4 Å². The Bertz CT molecular complexity index is 1520. The molecule has 2 heterocycles. The normalized spacial score (nSPS) is 17.8. The summed E-state index contributed by atoms with van der Waals surface area (Å²) in [6.07, 6.45) is 2.14. The van der Waals surface area contributed by atoms with Crippen LogP contribution >= 0.6 is 0 Å². The highest BCUT2D eigenvalue weighted by atomic mass is 32.2. The number of aliphatic carboxylic acids is 1. The number of likely N-dealkylation sites (N-methyl/N-ethyl adjacent to an activating group) is 1. The minimum atomic E-state index is -4.06. The van der Waals surface area contributed by atoms with Crippen molar-refractivity contribution in [3.8, 4) is 0 Å². The van der Waals surface area contributed by atoms with Gasteiger partial charge in [0.1, 0.15) is 6.54 Å². The zero-order chi connectivity index (χ0) is 23.9. The molecule has 4 rings (SSSR count). The summed E-state index contributed by atoms with van der Waals surface area (Å²) in [6, 6.07) is 12.2. The SMILES string of the molecule is CN1C(C(=O)/C=C/c2cc3ccccc3n(CC(=O)O)c2=O)C(=O)c2ccccc2S1(=O)=O. The first-order chi connectivity index (χ1) is 15.6. The zero-order valence-corrected chi connectivity index (χ0v) is 18.2. The summed E-state index contributed by atoms with van der Waals surface area (Å²) in [5, 5.41) is 9.76. The van der Waals surface area contributed by atoms with E-state index in [0.29, 0.717) is 15.2 Å². The molecule has 1 unspecified atom stereocenters. The van der Waals surface area contributed by atoms with Crippen molar-refractivity contribution in [2.24, 2.45) is 0 Å². The molecule has 33 heavy (non-hydrogen) atoms. The largest absolute Gasteiger partial charge is 0.480 e. The van der Waals surface area contributed by atoms with Crippen LogP contribution in [0.15, 0.2) is 70.4 Å². The van der Waals surface area contributed by atoms with Crippen LogP contribution in [0.3, 0.4) is 0 Å². The molecule has 168 valence electrons. The predicted octanol–water partition coefficient (Wildman–Crippen LogP) is 1.55. The Labute approximate surface area is 188 Å². The number of benzene rings is 2. The fourth-order valence-electron chi connectivity index (χ4n) is 3.83. The lowest BCUT2D eigenvalue weighted by atomic mass is 9.99. The summed E-state index contributed by atoms with van der Waals surface area (Å²) < 4.78 is 27.3. The molecular weight excluding hydrogens is 448 g/mol. The third kappa shape index (κ3) is 3.79. The van der Waals surface area contributed by atoms with Gasteiger partial charge in [-0.3, -0.25) is 23.7 Å². The Morgan fingerprint density at radius 3 is 2.45 bits per heavy atom. The van der Waals surface area contributed by atoms with Gasteiger partial charge in [-0.2, -0.15) is 4.31 Å². The molecule has 0 fully saturated rings. The molecule has 1 aliphatic heterocycles. The van der Waals surface area contributed by atoms with E-state index in [0.717, 1.165) is 17.7 Å². The molecule has 1 aliphatic rings. The van der Waals surface area contributed by atoms with Crippen LogP contribution in [0.2, 0.25) is 0 Å². The van der Waals surface area contributed by atoms with Gasteiger partial charge in [0.15, 0.2) is 17.6 Å². The highest BCUT2D eigenvalue weighted by Crippen LogP contribution is 2.29. The first-order valence-electron chi connectivity index (χ1n) is 9.80. The number of para-hydroxylation sites is 1. The van der Waals surface area contributed by atoms with Crippen LogP contribution in [-0.2, 0) is 26.2 Å². The van der Waals surface area contributed by atoms with E-state index >= 15 is 0 Å². The molecule has 0 radical (unpaired) electrons. The quantitative estimate of drug-likeness (QED) is 0.446. The first kappa shape index (κ1) is 22.3. The lowest BCUT2D eigenvalue weighted by Gasteiger charge is -2.30. The van der Waals surface area contributed by atoms with Gasteiger partial charge in [-0.05, 0) is 41.8 Å². The molecule has 3 aromatic rings. The summed E-state index contributed by atoms with van der Waals surface area (Å²) in [6.45, 7) is -0.576. The summed E-state index contributed by atoms with van der Waals surface area (Å²) in [5.41, 5.74) is -0.269. The minimum Gasteiger partial charge on any atom is -0.480 e. The van der Waals surface area contributed by atoms with Gasteiger partial charge in [-0.15, -0.1) is 0 Å². The van der Waals surface area contributed by atoms with Gasteiger partial charge in [0, 0.05) is 18.2 Å². The van der Waals surface area contributed by atoms with Crippen molar-refractivity contribution in [3.63, 3.8) is 0 Å². The number of sulfonamides is 1. The Hall–Kier alpha value is -3.89. The smallest absolute Gasteiger partial charge is 0.323 e. The molecule has 0 bridgehead atoms. The van der Waals surface area contributed by atoms with Crippen molar-refractivity contribution >= 4 is 44.5 Å². The number of Topliss-reactive ketones (excluding diaryl/α,β-unsaturated/α-hetero) is 1. The van der Waals surface area contributed by atoms with E-state index in [2.05, 4.69) is 0 Å². The summed E-state index contributed by atoms with van der Waals surface area (Å²) in [4.78, 5) is 49.8. The molecule has 0 spiro atoms. The number of rotatable bonds is 5. The Morgan fingerprint density at radius 1 is 1.06 bits per heavy atom. The molecule has 10 heteroatoms. The second-order valence-electron chi connectivity index (χ2n) is 7.46. The maximum Gasteiger partial charge on any atom is 0.323 e. The van der Waals surface area contributed by atoms with Crippen molar-refractivity contribution in [1.29, 1.82) is 0 Å². The zero-order valence-electron chi connectivity index (χ0n) is 17.3. The minimum absolute atomic E-state index is 0.0254. The van der Waals surface area contributed by atoms with E-state index in [4.69, 9.17) is 0 Å². The fourth-order valence-corrected chi connectivity index (χ4v) is 5.32. The highest BCUT2D eigenvalue weighted by molar-refractivity contribution is 7.89. The number of hydrogen-bond acceptors (Lipinski definition) is 6. The van der Waals surface area contributed by atoms with Crippen LogP contribution in [0.1, 0.15) is 15.9 Å². The number of hydrogen-bond donors (Lipinski definition) is 1. The van der Waals surface area contributed by atoms with Crippen molar-refractivity contribution in [2.75, 3.05) is 7.05 Å². The van der Waals surface area contributed by atoms with Gasteiger partial charge >= 0.3 is 5.97 Å². The number of carbonyl (C=O) groups is 3. The van der Waals surface area contributed by atoms with Gasteiger partial charge in [0.25, 0.3) is 5.56 Å². The number of fused-ring (bicyclic) bond motifs is 2. The van der Waals surface area contributed by atoms with E-state index < -0.39 is 45.7 Å². The average molecular weight is 466 g/mol. The third-order valence-electron chi connectivity index (χ3n) is 5.44. The summed E-state index contributed by atoms with van der Waals surface area (Å²) >= 11 is 0. The van der Waals surface area contributed by atoms with Crippen molar-refractivity contribution in [2.45, 2.75) is 17.5 Å². The molecule has 0 amide bonds. The first-order valence-corrected chi connectivity index (χ1v) is 11.2. The monoisotopic (exact) mass is 466 g/mol. The van der Waals surface area contributed by atoms with Crippen LogP contribution in [0.4, 0.5) is 0 Å². The number of carboxylic acids is 1. The van der Waals surface area contributed by atoms with Gasteiger partial charge < -0.3 is 5.11 Å². The topological polar surface area (TPSA) is 131 Å². The number of carboxylic acid groups (broad SMARTS) is 1. The molecular formula is C23H18N2O7S. The Balaban J connectivity index is 1.75. The molecule has 0 aliphatic carbocycles. The number of nitrogens with zero attached hydrogens (tertiary/aromatic N) is 2. The predicted molar refractivity (Wildman–Crippen MR) is 119 cm³/mol. The number of pyridine rings is 1. The van der Waals surface area contributed by atoms with E-state index in [1.165, 1.54) is 36.4 Å². The molecule has 9 nitrogen and oxygen atoms in total. The molecule has 2 aromatic carbocycles. The van der Waals surface area contributed by atoms with E-state index in [1.54, 1.807) is 24.3 Å². The third-order valence-corrected chi connectivity index (χ3v) is 7.32. The molecule has 0 saturated carbocycles. The fraction of sp³-hybridized carbons (Fsp3) is 0.130. The van der Waals surface area contributed by atoms with Crippen LogP contribution < -0.4 is 5.56 Å². The van der Waals surface area contributed by atoms with Crippen molar-refractivity contribution in [1.82, 2.24) is 8.87 Å². The Kier molecular flexibility index (Phi) is 5.56.